The van der Waals surface area contributed by atoms with E-state index in [9.17, 15) is 0 Å². The van der Waals surface area contributed by atoms with Crippen LogP contribution >= 0.6 is 0 Å². The van der Waals surface area contributed by atoms with Gasteiger partial charge in [0.05, 0.1) is 29.1 Å². The van der Waals surface area contributed by atoms with Crippen molar-refractivity contribution in [1.82, 2.24) is 35.0 Å². The summed E-state index contributed by atoms with van der Waals surface area (Å²) in [4.78, 5) is 20.6. The SMILES string of the molecule is Cc1ncnc(C)c1-c1cc(C2CCN(Cc3nc(C)c4ccccc4n3)CC2)[nH]n1. The molecule has 0 unspecified atom stereocenters. The van der Waals surface area contributed by atoms with Crippen molar-refractivity contribution in [2.75, 3.05) is 13.1 Å². The molecular formula is C24H27N7. The number of nitrogens with one attached hydrogen (secondary N) is 1. The first-order valence-electron chi connectivity index (χ1n) is 10.9. The number of aromatic nitrogens is 6. The highest BCUT2D eigenvalue weighted by molar-refractivity contribution is 5.80. The topological polar surface area (TPSA) is 83.5 Å². The van der Waals surface area contributed by atoms with Crippen LogP contribution in [0.15, 0.2) is 36.7 Å². The summed E-state index contributed by atoms with van der Waals surface area (Å²) >= 11 is 0. The molecule has 5 rings (SSSR count). The fraction of sp³-hybridized carbons (Fsp3) is 0.375. The van der Waals surface area contributed by atoms with Gasteiger partial charge < -0.3 is 0 Å². The van der Waals surface area contributed by atoms with Gasteiger partial charge >= 0.3 is 0 Å². The molecule has 0 radical (unpaired) electrons. The maximum absolute atomic E-state index is 4.78. The third-order valence-electron chi connectivity index (χ3n) is 6.31. The molecule has 1 aliphatic rings. The van der Waals surface area contributed by atoms with Crippen molar-refractivity contribution in [3.8, 4) is 11.3 Å². The van der Waals surface area contributed by atoms with Crippen LogP contribution in [0, 0.1) is 20.8 Å². The lowest BCUT2D eigenvalue weighted by molar-refractivity contribution is 0.199. The van der Waals surface area contributed by atoms with Crippen molar-refractivity contribution in [2.24, 2.45) is 0 Å². The molecule has 1 aromatic carbocycles. The summed E-state index contributed by atoms with van der Waals surface area (Å²) in [5.74, 6) is 1.40. The van der Waals surface area contributed by atoms with Crippen molar-refractivity contribution in [3.05, 3.63) is 65.3 Å². The lowest BCUT2D eigenvalue weighted by Gasteiger charge is -2.30. The second-order valence-corrected chi connectivity index (χ2v) is 8.42. The highest BCUT2D eigenvalue weighted by atomic mass is 15.2. The van der Waals surface area contributed by atoms with E-state index in [0.29, 0.717) is 5.92 Å². The zero-order valence-electron chi connectivity index (χ0n) is 18.3. The molecule has 31 heavy (non-hydrogen) atoms. The van der Waals surface area contributed by atoms with E-state index in [1.807, 2.05) is 26.0 Å². The first-order chi connectivity index (χ1) is 15.1. The maximum atomic E-state index is 4.78. The van der Waals surface area contributed by atoms with E-state index in [4.69, 9.17) is 9.97 Å². The van der Waals surface area contributed by atoms with Gasteiger partial charge in [0.1, 0.15) is 12.2 Å². The molecule has 1 aliphatic heterocycles. The average Bonchev–Trinajstić information content (AvgIpc) is 3.24. The van der Waals surface area contributed by atoms with E-state index in [2.05, 4.69) is 50.2 Å². The minimum Gasteiger partial charge on any atom is -0.296 e. The molecule has 4 aromatic rings. The summed E-state index contributed by atoms with van der Waals surface area (Å²) in [6, 6.07) is 10.4. The second kappa shape index (κ2) is 8.15. The van der Waals surface area contributed by atoms with Crippen LogP contribution in [0.4, 0.5) is 0 Å². The van der Waals surface area contributed by atoms with Gasteiger partial charge in [-0.1, -0.05) is 18.2 Å². The number of benzene rings is 1. The number of piperidine rings is 1. The monoisotopic (exact) mass is 413 g/mol. The number of fused-ring (bicyclic) bond motifs is 1. The number of hydrogen-bond donors (Lipinski definition) is 1. The van der Waals surface area contributed by atoms with E-state index in [1.165, 1.54) is 5.69 Å². The van der Waals surface area contributed by atoms with E-state index in [-0.39, 0.29) is 0 Å². The van der Waals surface area contributed by atoms with Crippen molar-refractivity contribution in [2.45, 2.75) is 46.1 Å². The second-order valence-electron chi connectivity index (χ2n) is 8.42. The summed E-state index contributed by atoms with van der Waals surface area (Å²) < 4.78 is 0. The predicted molar refractivity (Wildman–Crippen MR) is 121 cm³/mol. The first-order valence-corrected chi connectivity index (χ1v) is 10.9. The number of likely N-dealkylation sites (tertiary alicyclic amines) is 1. The summed E-state index contributed by atoms with van der Waals surface area (Å²) in [5.41, 5.74) is 7.18. The van der Waals surface area contributed by atoms with E-state index >= 15 is 0 Å². The van der Waals surface area contributed by atoms with Crippen molar-refractivity contribution >= 4 is 10.9 Å². The number of aromatic amines is 1. The van der Waals surface area contributed by atoms with Gasteiger partial charge in [-0.05, 0) is 58.8 Å². The molecule has 1 saturated heterocycles. The lowest BCUT2D eigenvalue weighted by Crippen LogP contribution is -2.33. The van der Waals surface area contributed by atoms with Crippen LogP contribution in [0.25, 0.3) is 22.2 Å². The zero-order chi connectivity index (χ0) is 21.4. The highest BCUT2D eigenvalue weighted by Crippen LogP contribution is 2.31. The Hall–Kier alpha value is -3.19. The van der Waals surface area contributed by atoms with Gasteiger partial charge in [0, 0.05) is 28.3 Å². The lowest BCUT2D eigenvalue weighted by atomic mass is 9.93. The average molecular weight is 414 g/mol. The number of para-hydroxylation sites is 1. The maximum Gasteiger partial charge on any atom is 0.143 e. The highest BCUT2D eigenvalue weighted by Gasteiger charge is 2.24. The van der Waals surface area contributed by atoms with Crippen LogP contribution < -0.4 is 0 Å². The van der Waals surface area contributed by atoms with Gasteiger partial charge in [0.25, 0.3) is 0 Å². The Morgan fingerprint density at radius 3 is 2.48 bits per heavy atom. The Morgan fingerprint density at radius 2 is 1.71 bits per heavy atom. The molecule has 0 saturated carbocycles. The molecule has 1 fully saturated rings. The minimum absolute atomic E-state index is 0.488. The molecule has 4 heterocycles. The Kier molecular flexibility index (Phi) is 5.19. The zero-order valence-corrected chi connectivity index (χ0v) is 18.3. The van der Waals surface area contributed by atoms with Gasteiger partial charge in [-0.2, -0.15) is 5.10 Å². The Labute approximate surface area is 182 Å². The van der Waals surface area contributed by atoms with Gasteiger partial charge in [0.15, 0.2) is 0 Å². The molecule has 0 spiro atoms. The van der Waals surface area contributed by atoms with Crippen LogP contribution in [0.2, 0.25) is 0 Å². The number of nitrogens with zero attached hydrogens (tertiary/aromatic N) is 6. The summed E-state index contributed by atoms with van der Waals surface area (Å²) in [7, 11) is 0. The van der Waals surface area contributed by atoms with Crippen LogP contribution in [-0.2, 0) is 6.54 Å². The third kappa shape index (κ3) is 3.93. The molecular weight excluding hydrogens is 386 g/mol. The molecule has 0 atom stereocenters. The van der Waals surface area contributed by atoms with Crippen molar-refractivity contribution < 1.29 is 0 Å². The van der Waals surface area contributed by atoms with Gasteiger partial charge in [-0.3, -0.25) is 10.00 Å². The van der Waals surface area contributed by atoms with Crippen molar-refractivity contribution in [1.29, 1.82) is 0 Å². The number of H-pyrrole nitrogens is 1. The fourth-order valence-electron chi connectivity index (χ4n) is 4.61. The predicted octanol–water partition coefficient (Wildman–Crippen LogP) is 4.11. The first kappa shape index (κ1) is 19.8. The molecule has 0 bridgehead atoms. The van der Waals surface area contributed by atoms with Crippen LogP contribution in [0.1, 0.15) is 47.4 Å². The van der Waals surface area contributed by atoms with Crippen molar-refractivity contribution in [3.63, 3.8) is 0 Å². The summed E-state index contributed by atoms with van der Waals surface area (Å²) in [6.45, 7) is 8.94. The smallest absolute Gasteiger partial charge is 0.143 e. The Bertz CT molecular complexity index is 1200. The quantitative estimate of drug-likeness (QED) is 0.542. The number of aryl methyl sites for hydroxylation is 3. The standard InChI is InChI=1S/C24H27N7/c1-15-19-6-4-5-7-20(19)28-23(27-15)13-31-10-8-18(9-11-31)21-12-22(30-29-21)24-16(2)25-14-26-17(24)3/h4-7,12,14,18H,8-11,13H2,1-3H3,(H,29,30). The molecule has 7 nitrogen and oxygen atoms in total. The third-order valence-corrected chi connectivity index (χ3v) is 6.31. The van der Waals surface area contributed by atoms with E-state index in [0.717, 1.165) is 77.5 Å². The van der Waals surface area contributed by atoms with Crippen LogP contribution in [0.3, 0.4) is 0 Å². The molecule has 0 amide bonds. The van der Waals surface area contributed by atoms with Gasteiger partial charge in [-0.15, -0.1) is 0 Å². The minimum atomic E-state index is 0.488. The molecule has 158 valence electrons. The largest absolute Gasteiger partial charge is 0.296 e. The Balaban J connectivity index is 1.26. The normalized spacial score (nSPS) is 15.6. The summed E-state index contributed by atoms with van der Waals surface area (Å²) in [5, 5.41) is 8.98. The van der Waals surface area contributed by atoms with E-state index < -0.39 is 0 Å². The molecule has 1 N–H and O–H groups in total. The number of rotatable bonds is 4. The number of hydrogen-bond acceptors (Lipinski definition) is 6. The summed E-state index contributed by atoms with van der Waals surface area (Å²) in [6.07, 6.45) is 3.80. The Morgan fingerprint density at radius 1 is 0.968 bits per heavy atom. The van der Waals surface area contributed by atoms with Gasteiger partial charge in [-0.25, -0.2) is 19.9 Å². The molecule has 3 aromatic heterocycles. The van der Waals surface area contributed by atoms with Crippen LogP contribution in [0.5, 0.6) is 0 Å². The van der Waals surface area contributed by atoms with Gasteiger partial charge in [0.2, 0.25) is 0 Å². The van der Waals surface area contributed by atoms with Crippen LogP contribution in [-0.4, -0.2) is 48.1 Å². The molecule has 0 aliphatic carbocycles. The molecule has 7 heteroatoms. The fourth-order valence-corrected chi connectivity index (χ4v) is 4.61. The van der Waals surface area contributed by atoms with E-state index in [1.54, 1.807) is 6.33 Å².